The van der Waals surface area contributed by atoms with Crippen LogP contribution in [0.1, 0.15) is 19.4 Å². The summed E-state index contributed by atoms with van der Waals surface area (Å²) in [5.74, 6) is 0.888. The van der Waals surface area contributed by atoms with E-state index in [1.54, 1.807) is 25.9 Å². The molecule has 1 amide bonds. The number of rotatable bonds is 7. The third-order valence-corrected chi connectivity index (χ3v) is 3.79. The van der Waals surface area contributed by atoms with Crippen LogP contribution in [0, 0.1) is 5.41 Å². The van der Waals surface area contributed by atoms with Gasteiger partial charge in [-0.1, -0.05) is 18.2 Å². The Morgan fingerprint density at radius 3 is 2.60 bits per heavy atom. The van der Waals surface area contributed by atoms with Crippen LogP contribution in [0.5, 0.6) is 5.75 Å². The number of amides is 1. The maximum absolute atomic E-state index is 12.5. The largest absolute Gasteiger partial charge is 0.496 e. The maximum atomic E-state index is 12.5. The minimum absolute atomic E-state index is 0.0764. The van der Waals surface area contributed by atoms with Gasteiger partial charge in [0.25, 0.3) is 0 Å². The molecule has 0 radical (unpaired) electrons. The van der Waals surface area contributed by atoms with Crippen LogP contribution in [-0.4, -0.2) is 42.1 Å². The van der Waals surface area contributed by atoms with Gasteiger partial charge in [0.05, 0.1) is 19.1 Å². The smallest absolute Gasteiger partial charge is 0.229 e. The highest BCUT2D eigenvalue weighted by Crippen LogP contribution is 2.24. The van der Waals surface area contributed by atoms with Gasteiger partial charge in [-0.15, -0.1) is 11.6 Å². The summed E-state index contributed by atoms with van der Waals surface area (Å²) in [6.07, 6.45) is 0. The van der Waals surface area contributed by atoms with E-state index >= 15 is 0 Å². The van der Waals surface area contributed by atoms with Crippen molar-refractivity contribution in [3.05, 3.63) is 29.8 Å². The summed E-state index contributed by atoms with van der Waals surface area (Å²) in [5, 5.41) is 9.17. The number of aliphatic hydroxyl groups is 1. The predicted octanol–water partition coefficient (Wildman–Crippen LogP) is 2.28. The van der Waals surface area contributed by atoms with E-state index in [9.17, 15) is 9.90 Å². The molecule has 4 nitrogen and oxygen atoms in total. The van der Waals surface area contributed by atoms with Crippen molar-refractivity contribution in [3.63, 3.8) is 0 Å². The number of alkyl halides is 1. The second-order valence-corrected chi connectivity index (χ2v) is 5.55. The Bertz CT molecular complexity index is 448. The van der Waals surface area contributed by atoms with Gasteiger partial charge < -0.3 is 14.7 Å². The highest BCUT2D eigenvalue weighted by atomic mass is 35.5. The zero-order valence-corrected chi connectivity index (χ0v) is 13.0. The van der Waals surface area contributed by atoms with Crippen LogP contribution in [0.4, 0.5) is 0 Å². The molecule has 0 aliphatic carbocycles. The quantitative estimate of drug-likeness (QED) is 0.786. The van der Waals surface area contributed by atoms with Crippen molar-refractivity contribution in [1.82, 2.24) is 4.90 Å². The minimum Gasteiger partial charge on any atom is -0.496 e. The van der Waals surface area contributed by atoms with Crippen molar-refractivity contribution in [1.29, 1.82) is 0 Å². The number of hydrogen-bond donors (Lipinski definition) is 1. The number of benzene rings is 1. The van der Waals surface area contributed by atoms with Gasteiger partial charge in [0, 0.05) is 24.5 Å². The van der Waals surface area contributed by atoms with E-state index in [0.717, 1.165) is 11.3 Å². The molecule has 0 aromatic heterocycles. The zero-order chi connectivity index (χ0) is 15.2. The Labute approximate surface area is 125 Å². The average Bonchev–Trinajstić information content (AvgIpc) is 2.46. The second-order valence-electron chi connectivity index (χ2n) is 5.28. The van der Waals surface area contributed by atoms with E-state index in [2.05, 4.69) is 0 Å². The Balaban J connectivity index is 2.95. The summed E-state index contributed by atoms with van der Waals surface area (Å²) in [5.41, 5.74) is 0.251. The second kappa shape index (κ2) is 7.50. The summed E-state index contributed by atoms with van der Waals surface area (Å²) in [7, 11) is 1.60. The molecule has 0 aliphatic heterocycles. The summed E-state index contributed by atoms with van der Waals surface area (Å²) in [6.45, 7) is 4.18. The van der Waals surface area contributed by atoms with Crippen molar-refractivity contribution in [3.8, 4) is 5.75 Å². The molecule has 1 aromatic carbocycles. The van der Waals surface area contributed by atoms with Crippen molar-refractivity contribution >= 4 is 17.5 Å². The van der Waals surface area contributed by atoms with Gasteiger partial charge >= 0.3 is 0 Å². The number of halogens is 1. The lowest BCUT2D eigenvalue weighted by molar-refractivity contribution is -0.140. The third kappa shape index (κ3) is 4.12. The Kier molecular flexibility index (Phi) is 6.30. The molecule has 20 heavy (non-hydrogen) atoms. The Morgan fingerprint density at radius 2 is 2.05 bits per heavy atom. The zero-order valence-electron chi connectivity index (χ0n) is 12.2. The minimum atomic E-state index is -0.654. The van der Waals surface area contributed by atoms with Gasteiger partial charge in [0.15, 0.2) is 0 Å². The van der Waals surface area contributed by atoms with Crippen LogP contribution in [0.3, 0.4) is 0 Å². The predicted molar refractivity (Wildman–Crippen MR) is 80.0 cm³/mol. The Morgan fingerprint density at radius 1 is 1.40 bits per heavy atom. The first-order valence-corrected chi connectivity index (χ1v) is 7.08. The molecular formula is C15H22ClNO3. The normalized spacial score (nSPS) is 11.2. The van der Waals surface area contributed by atoms with E-state index in [-0.39, 0.29) is 24.9 Å². The summed E-state index contributed by atoms with van der Waals surface area (Å²) in [4.78, 5) is 14.1. The van der Waals surface area contributed by atoms with Gasteiger partial charge in [-0.05, 0) is 19.9 Å². The summed E-state index contributed by atoms with van der Waals surface area (Å²) in [6, 6.07) is 7.53. The molecule has 0 bridgehead atoms. The number of ether oxygens (including phenoxy) is 1. The van der Waals surface area contributed by atoms with E-state index in [4.69, 9.17) is 16.3 Å². The summed E-state index contributed by atoms with van der Waals surface area (Å²) < 4.78 is 5.29. The van der Waals surface area contributed by atoms with Crippen LogP contribution in [0.15, 0.2) is 24.3 Å². The van der Waals surface area contributed by atoms with Crippen molar-refractivity contribution < 1.29 is 14.6 Å². The van der Waals surface area contributed by atoms with Crippen molar-refractivity contribution in [2.24, 2.45) is 5.41 Å². The molecule has 0 atom stereocenters. The first-order chi connectivity index (χ1) is 9.46. The van der Waals surface area contributed by atoms with E-state index < -0.39 is 5.41 Å². The molecule has 0 spiro atoms. The Hall–Kier alpha value is -1.26. The van der Waals surface area contributed by atoms with E-state index in [1.165, 1.54) is 0 Å². The molecule has 0 saturated heterocycles. The topological polar surface area (TPSA) is 49.8 Å². The number of nitrogens with zero attached hydrogens (tertiary/aromatic N) is 1. The van der Waals surface area contributed by atoms with Crippen LogP contribution < -0.4 is 4.74 Å². The molecule has 0 aliphatic rings. The number of carbonyl (C=O) groups excluding carboxylic acids is 1. The maximum Gasteiger partial charge on any atom is 0.229 e. The lowest BCUT2D eigenvalue weighted by atomic mass is 9.94. The molecule has 1 rings (SSSR count). The van der Waals surface area contributed by atoms with Gasteiger partial charge in [-0.3, -0.25) is 4.79 Å². The fourth-order valence-corrected chi connectivity index (χ4v) is 2.01. The fraction of sp³-hybridized carbons (Fsp3) is 0.533. The van der Waals surface area contributed by atoms with Gasteiger partial charge in [0.2, 0.25) is 5.91 Å². The monoisotopic (exact) mass is 299 g/mol. The molecule has 0 fully saturated rings. The lowest BCUT2D eigenvalue weighted by Crippen LogP contribution is -2.42. The van der Waals surface area contributed by atoms with Crippen LogP contribution in [0.2, 0.25) is 0 Å². The number of aliphatic hydroxyl groups excluding tert-OH is 1. The molecule has 0 saturated carbocycles. The van der Waals surface area contributed by atoms with E-state index in [0.29, 0.717) is 6.54 Å². The van der Waals surface area contributed by atoms with Gasteiger partial charge in [-0.25, -0.2) is 0 Å². The highest BCUT2D eigenvalue weighted by molar-refractivity contribution is 6.19. The number of methoxy groups -OCH3 is 1. The van der Waals surface area contributed by atoms with Gasteiger partial charge in [0.1, 0.15) is 5.75 Å². The molecule has 1 aromatic rings. The number of carbonyl (C=O) groups is 1. The molecule has 0 heterocycles. The molecule has 5 heteroatoms. The van der Waals surface area contributed by atoms with Crippen LogP contribution in [-0.2, 0) is 11.3 Å². The number of para-hydroxylation sites is 1. The molecule has 0 unspecified atom stereocenters. The SMILES string of the molecule is COc1ccccc1CN(CCO)C(=O)C(C)(C)CCl. The number of hydrogen-bond acceptors (Lipinski definition) is 3. The third-order valence-electron chi connectivity index (χ3n) is 3.12. The average molecular weight is 300 g/mol. The molecule has 112 valence electrons. The summed E-state index contributed by atoms with van der Waals surface area (Å²) >= 11 is 5.86. The van der Waals surface area contributed by atoms with Gasteiger partial charge in [-0.2, -0.15) is 0 Å². The first-order valence-electron chi connectivity index (χ1n) is 6.54. The lowest BCUT2D eigenvalue weighted by Gasteiger charge is -2.30. The molecule has 1 N–H and O–H groups in total. The molecular weight excluding hydrogens is 278 g/mol. The van der Waals surface area contributed by atoms with Crippen LogP contribution >= 0.6 is 11.6 Å². The highest BCUT2D eigenvalue weighted by Gasteiger charge is 2.31. The fourth-order valence-electron chi connectivity index (χ4n) is 1.90. The van der Waals surface area contributed by atoms with Crippen molar-refractivity contribution in [2.45, 2.75) is 20.4 Å². The van der Waals surface area contributed by atoms with Crippen LogP contribution in [0.25, 0.3) is 0 Å². The first kappa shape index (κ1) is 16.8. The van der Waals surface area contributed by atoms with E-state index in [1.807, 2.05) is 24.3 Å². The van der Waals surface area contributed by atoms with Crippen molar-refractivity contribution in [2.75, 3.05) is 26.1 Å². The standard InChI is InChI=1S/C15H22ClNO3/c1-15(2,11-16)14(19)17(8-9-18)10-12-6-4-5-7-13(12)20-3/h4-7,18H,8-11H2,1-3H3.